The van der Waals surface area contributed by atoms with Gasteiger partial charge in [-0.3, -0.25) is 4.79 Å². The minimum absolute atomic E-state index is 0.0286. The summed E-state index contributed by atoms with van der Waals surface area (Å²) in [4.78, 5) is 16.2. The lowest BCUT2D eigenvalue weighted by molar-refractivity contribution is -0.133. The van der Waals surface area contributed by atoms with E-state index in [-0.39, 0.29) is 18.3 Å². The third-order valence-corrected chi connectivity index (χ3v) is 8.07. The number of nitrogens with zero attached hydrogens (tertiary/aromatic N) is 2. The first-order chi connectivity index (χ1) is 13.7. The number of carbonyl (C=O) groups excluding carboxylic acids is 1. The minimum atomic E-state index is -0.219. The Bertz CT molecular complexity index is 804. The van der Waals surface area contributed by atoms with E-state index in [9.17, 15) is 9.18 Å². The van der Waals surface area contributed by atoms with Crippen LogP contribution in [0.3, 0.4) is 0 Å². The number of halogens is 1. The normalized spacial score (nSPS) is 17.8. The van der Waals surface area contributed by atoms with Crippen molar-refractivity contribution in [3.05, 3.63) is 59.9 Å². The maximum absolute atomic E-state index is 13.9. The molecule has 0 radical (unpaired) electrons. The zero-order chi connectivity index (χ0) is 19.3. The summed E-state index contributed by atoms with van der Waals surface area (Å²) in [6.45, 7) is 2.43. The molecule has 7 heteroatoms. The van der Waals surface area contributed by atoms with Crippen molar-refractivity contribution < 1.29 is 13.9 Å². The Labute approximate surface area is 173 Å². The number of hydrogen-bond acceptors (Lipinski definition) is 5. The van der Waals surface area contributed by atoms with E-state index in [2.05, 4.69) is 12.1 Å². The third-order valence-electron chi connectivity index (χ3n) is 4.96. The first-order valence-electron chi connectivity index (χ1n) is 9.44. The Morgan fingerprint density at radius 2 is 1.68 bits per heavy atom. The second-order valence-corrected chi connectivity index (χ2v) is 9.47. The lowest BCUT2D eigenvalue weighted by atomic mass is 10.2. The molecule has 2 fully saturated rings. The van der Waals surface area contributed by atoms with Crippen LogP contribution in [0, 0.1) is 5.82 Å². The summed E-state index contributed by atoms with van der Waals surface area (Å²) in [6, 6.07) is 14.8. The van der Waals surface area contributed by atoms with Gasteiger partial charge < -0.3 is 14.5 Å². The zero-order valence-electron chi connectivity index (χ0n) is 15.6. The summed E-state index contributed by atoms with van der Waals surface area (Å²) in [6.07, 6.45) is 0. The summed E-state index contributed by atoms with van der Waals surface area (Å²) < 4.78 is 20.1. The maximum Gasteiger partial charge on any atom is 0.260 e. The van der Waals surface area contributed by atoms with Gasteiger partial charge in [-0.25, -0.2) is 4.39 Å². The Balaban J connectivity index is 1.25. The Morgan fingerprint density at radius 1 is 1.00 bits per heavy atom. The van der Waals surface area contributed by atoms with Crippen molar-refractivity contribution in [2.24, 2.45) is 0 Å². The molecule has 148 valence electrons. The molecule has 4 rings (SSSR count). The Morgan fingerprint density at radius 3 is 2.36 bits per heavy atom. The highest BCUT2D eigenvalue weighted by molar-refractivity contribution is 8.19. The molecule has 0 aromatic heterocycles. The number of ether oxygens (including phenoxy) is 1. The van der Waals surface area contributed by atoms with E-state index in [1.807, 2.05) is 46.6 Å². The van der Waals surface area contributed by atoms with Gasteiger partial charge in [0.15, 0.2) is 6.61 Å². The standard InChI is InChI=1S/C21H23FN2O2S2/c22-18-3-1-2-4-19(18)23-9-11-24(12-10-23)20(25)15-26-17-7-5-16(6-8-17)21-27-13-14-28-21/h1-8,21H,9-15H2. The zero-order valence-corrected chi connectivity index (χ0v) is 17.2. The first kappa shape index (κ1) is 19.5. The average Bonchev–Trinajstić information content (AvgIpc) is 3.28. The number of thioether (sulfide) groups is 2. The largest absolute Gasteiger partial charge is 0.484 e. The van der Waals surface area contributed by atoms with E-state index >= 15 is 0 Å². The highest BCUT2D eigenvalue weighted by atomic mass is 32.2. The molecule has 0 spiro atoms. The van der Waals surface area contributed by atoms with Gasteiger partial charge >= 0.3 is 0 Å². The van der Waals surface area contributed by atoms with Gasteiger partial charge in [0.25, 0.3) is 5.91 Å². The monoisotopic (exact) mass is 418 g/mol. The van der Waals surface area contributed by atoms with Gasteiger partial charge in [-0.2, -0.15) is 0 Å². The molecule has 0 unspecified atom stereocenters. The van der Waals surface area contributed by atoms with Crippen molar-refractivity contribution in [1.82, 2.24) is 4.90 Å². The number of hydrogen-bond donors (Lipinski definition) is 0. The van der Waals surface area contributed by atoms with Gasteiger partial charge in [-0.1, -0.05) is 24.3 Å². The average molecular weight is 419 g/mol. The summed E-state index contributed by atoms with van der Waals surface area (Å²) in [5, 5.41) is 0. The van der Waals surface area contributed by atoms with Gasteiger partial charge in [-0.15, -0.1) is 23.5 Å². The lowest BCUT2D eigenvalue weighted by Crippen LogP contribution is -2.50. The number of rotatable bonds is 5. The molecule has 28 heavy (non-hydrogen) atoms. The van der Waals surface area contributed by atoms with E-state index < -0.39 is 0 Å². The van der Waals surface area contributed by atoms with Crippen molar-refractivity contribution in [2.45, 2.75) is 4.58 Å². The second-order valence-electron chi connectivity index (χ2n) is 6.75. The number of carbonyl (C=O) groups is 1. The fourth-order valence-corrected chi connectivity index (χ4v) is 6.27. The van der Waals surface area contributed by atoms with Crippen LogP contribution in [0.4, 0.5) is 10.1 Å². The second kappa shape index (κ2) is 9.09. The smallest absolute Gasteiger partial charge is 0.260 e. The highest BCUT2D eigenvalue weighted by Crippen LogP contribution is 2.45. The van der Waals surface area contributed by atoms with Crippen LogP contribution in [0.1, 0.15) is 10.1 Å². The van der Waals surface area contributed by atoms with Crippen LogP contribution in [0.25, 0.3) is 0 Å². The number of amides is 1. The van der Waals surface area contributed by atoms with E-state index in [1.54, 1.807) is 17.0 Å². The quantitative estimate of drug-likeness (QED) is 0.732. The SMILES string of the molecule is O=C(COc1ccc(C2SCCS2)cc1)N1CCN(c2ccccc2F)CC1. The van der Waals surface area contributed by atoms with E-state index in [0.29, 0.717) is 36.4 Å². The molecular formula is C21H23FN2O2S2. The summed E-state index contributed by atoms with van der Waals surface area (Å²) in [5.74, 6) is 2.87. The molecule has 2 aromatic rings. The van der Waals surface area contributed by atoms with E-state index in [1.165, 1.54) is 23.1 Å². The summed E-state index contributed by atoms with van der Waals surface area (Å²) in [5.41, 5.74) is 1.90. The predicted molar refractivity (Wildman–Crippen MR) is 115 cm³/mol. The van der Waals surface area contributed by atoms with Crippen molar-refractivity contribution in [1.29, 1.82) is 0 Å². The molecule has 2 aliphatic heterocycles. The molecule has 0 N–H and O–H groups in total. The fourth-order valence-electron chi connectivity index (χ4n) is 3.41. The Kier molecular flexibility index (Phi) is 6.32. The van der Waals surface area contributed by atoms with Crippen LogP contribution in [-0.4, -0.2) is 55.1 Å². The minimum Gasteiger partial charge on any atom is -0.484 e. The van der Waals surface area contributed by atoms with Gasteiger partial charge in [0.2, 0.25) is 0 Å². The summed E-state index contributed by atoms with van der Waals surface area (Å²) in [7, 11) is 0. The molecule has 2 heterocycles. The first-order valence-corrected chi connectivity index (χ1v) is 11.5. The highest BCUT2D eigenvalue weighted by Gasteiger charge is 2.23. The van der Waals surface area contributed by atoms with Crippen LogP contribution in [0.15, 0.2) is 48.5 Å². The van der Waals surface area contributed by atoms with Crippen LogP contribution < -0.4 is 9.64 Å². The molecule has 4 nitrogen and oxygen atoms in total. The van der Waals surface area contributed by atoms with Crippen LogP contribution in [-0.2, 0) is 4.79 Å². The van der Waals surface area contributed by atoms with Gasteiger partial charge in [0.05, 0.1) is 10.3 Å². The molecule has 2 saturated heterocycles. The van der Waals surface area contributed by atoms with Crippen molar-refractivity contribution in [3.63, 3.8) is 0 Å². The molecule has 0 aliphatic carbocycles. The van der Waals surface area contributed by atoms with Crippen LogP contribution in [0.2, 0.25) is 0 Å². The van der Waals surface area contributed by atoms with Crippen LogP contribution >= 0.6 is 23.5 Å². The molecule has 0 bridgehead atoms. The number of piperazine rings is 1. The third kappa shape index (κ3) is 4.58. The van der Waals surface area contributed by atoms with Gasteiger partial charge in [0.1, 0.15) is 11.6 Å². The Hall–Kier alpha value is -1.86. The van der Waals surface area contributed by atoms with Gasteiger partial charge in [0, 0.05) is 37.7 Å². The van der Waals surface area contributed by atoms with Crippen molar-refractivity contribution in [2.75, 3.05) is 49.2 Å². The molecular weight excluding hydrogens is 395 g/mol. The topological polar surface area (TPSA) is 32.8 Å². The number of anilines is 1. The van der Waals surface area contributed by atoms with E-state index in [4.69, 9.17) is 4.74 Å². The summed E-state index contributed by atoms with van der Waals surface area (Å²) >= 11 is 3.94. The predicted octanol–water partition coefficient (Wildman–Crippen LogP) is 4.03. The number of para-hydroxylation sites is 1. The van der Waals surface area contributed by atoms with Crippen molar-refractivity contribution in [3.8, 4) is 5.75 Å². The van der Waals surface area contributed by atoms with Gasteiger partial charge in [-0.05, 0) is 29.8 Å². The van der Waals surface area contributed by atoms with E-state index in [0.717, 1.165) is 5.75 Å². The molecule has 2 aromatic carbocycles. The number of benzene rings is 2. The van der Waals surface area contributed by atoms with Crippen LogP contribution in [0.5, 0.6) is 5.75 Å². The maximum atomic E-state index is 13.9. The van der Waals surface area contributed by atoms with Crippen molar-refractivity contribution >= 4 is 35.1 Å². The molecule has 2 aliphatic rings. The molecule has 0 atom stereocenters. The lowest BCUT2D eigenvalue weighted by Gasteiger charge is -2.36. The molecule has 1 amide bonds. The fraction of sp³-hybridized carbons (Fsp3) is 0.381. The molecule has 0 saturated carbocycles.